The maximum Gasteiger partial charge on any atom is 0.309 e. The molecule has 18 heavy (non-hydrogen) atoms. The lowest BCUT2D eigenvalue weighted by molar-refractivity contribution is -0.160. The van der Waals surface area contributed by atoms with Crippen LogP contribution in [0.2, 0.25) is 0 Å². The average molecular weight is 256 g/mol. The van der Waals surface area contributed by atoms with E-state index in [9.17, 15) is 4.79 Å². The van der Waals surface area contributed by atoms with Crippen molar-refractivity contribution < 1.29 is 9.53 Å². The molecule has 2 heteroatoms. The normalized spacial score (nSPS) is 13.4. The number of ether oxygens (including phenoxy) is 1. The third-order valence-corrected chi connectivity index (χ3v) is 3.03. The summed E-state index contributed by atoms with van der Waals surface area (Å²) in [5.74, 6) is 0.107. The van der Waals surface area contributed by atoms with E-state index in [4.69, 9.17) is 4.74 Å². The standard InChI is InChI=1S/C16H32O2/c1-6-8-9-10-11-13-14(12-7-2)15(17)18-16(3,4)5/h14H,6-13H2,1-5H3. The molecule has 0 aliphatic carbocycles. The Kier molecular flexibility index (Phi) is 9.13. The van der Waals surface area contributed by atoms with E-state index in [2.05, 4.69) is 13.8 Å². The van der Waals surface area contributed by atoms with Crippen LogP contribution in [0.25, 0.3) is 0 Å². The van der Waals surface area contributed by atoms with Gasteiger partial charge in [0, 0.05) is 0 Å². The van der Waals surface area contributed by atoms with Crippen molar-refractivity contribution in [2.45, 2.75) is 91.6 Å². The number of hydrogen-bond acceptors (Lipinski definition) is 2. The van der Waals surface area contributed by atoms with E-state index in [0.29, 0.717) is 0 Å². The van der Waals surface area contributed by atoms with Crippen molar-refractivity contribution in [3.63, 3.8) is 0 Å². The number of rotatable bonds is 9. The molecule has 0 saturated heterocycles. The molecule has 0 aromatic carbocycles. The summed E-state index contributed by atoms with van der Waals surface area (Å²) in [6.07, 6.45) is 9.29. The van der Waals surface area contributed by atoms with Gasteiger partial charge < -0.3 is 4.74 Å². The van der Waals surface area contributed by atoms with Crippen molar-refractivity contribution in [1.82, 2.24) is 0 Å². The van der Waals surface area contributed by atoms with Crippen LogP contribution in [0.1, 0.15) is 86.0 Å². The van der Waals surface area contributed by atoms with Crippen LogP contribution in [0.4, 0.5) is 0 Å². The quantitative estimate of drug-likeness (QED) is 0.423. The van der Waals surface area contributed by atoms with Crippen LogP contribution in [0, 0.1) is 5.92 Å². The van der Waals surface area contributed by atoms with Crippen LogP contribution in [-0.4, -0.2) is 11.6 Å². The Morgan fingerprint density at radius 1 is 0.944 bits per heavy atom. The summed E-state index contributed by atoms with van der Waals surface area (Å²) in [5.41, 5.74) is -0.356. The third kappa shape index (κ3) is 9.49. The van der Waals surface area contributed by atoms with Gasteiger partial charge >= 0.3 is 5.97 Å². The zero-order chi connectivity index (χ0) is 14.0. The summed E-state index contributed by atoms with van der Waals surface area (Å²) in [6, 6.07) is 0. The van der Waals surface area contributed by atoms with Crippen molar-refractivity contribution in [3.05, 3.63) is 0 Å². The molecule has 1 atom stereocenters. The molecule has 0 bridgehead atoms. The molecule has 0 N–H and O–H groups in total. The van der Waals surface area contributed by atoms with Crippen LogP contribution >= 0.6 is 0 Å². The topological polar surface area (TPSA) is 26.3 Å². The van der Waals surface area contributed by atoms with E-state index < -0.39 is 0 Å². The summed E-state index contributed by atoms with van der Waals surface area (Å²) in [7, 11) is 0. The van der Waals surface area contributed by atoms with Gasteiger partial charge in [0.25, 0.3) is 0 Å². The molecular weight excluding hydrogens is 224 g/mol. The molecule has 1 unspecified atom stereocenters. The number of carbonyl (C=O) groups excluding carboxylic acids is 1. The highest BCUT2D eigenvalue weighted by Gasteiger charge is 2.23. The Balaban J connectivity index is 4.01. The molecule has 0 aliphatic heterocycles. The van der Waals surface area contributed by atoms with Gasteiger partial charge in [-0.05, 0) is 33.6 Å². The lowest BCUT2D eigenvalue weighted by Crippen LogP contribution is -2.28. The molecule has 2 nitrogen and oxygen atoms in total. The lowest BCUT2D eigenvalue weighted by atomic mass is 9.96. The molecule has 108 valence electrons. The van der Waals surface area contributed by atoms with Gasteiger partial charge in [-0.25, -0.2) is 0 Å². The van der Waals surface area contributed by atoms with E-state index in [1.165, 1.54) is 25.7 Å². The molecule has 0 spiro atoms. The number of hydrogen-bond donors (Lipinski definition) is 0. The second-order valence-corrected chi connectivity index (χ2v) is 6.22. The molecular formula is C16H32O2. The zero-order valence-corrected chi connectivity index (χ0v) is 13.1. The summed E-state index contributed by atoms with van der Waals surface area (Å²) in [6.45, 7) is 10.2. The first-order valence-electron chi connectivity index (χ1n) is 7.63. The van der Waals surface area contributed by atoms with E-state index in [1.54, 1.807) is 0 Å². The van der Waals surface area contributed by atoms with E-state index in [0.717, 1.165) is 25.7 Å². The van der Waals surface area contributed by atoms with E-state index in [-0.39, 0.29) is 17.5 Å². The molecule has 0 amide bonds. The molecule has 0 aromatic rings. The molecule has 0 heterocycles. The van der Waals surface area contributed by atoms with Gasteiger partial charge in [0.2, 0.25) is 0 Å². The van der Waals surface area contributed by atoms with Gasteiger partial charge in [-0.3, -0.25) is 4.79 Å². The van der Waals surface area contributed by atoms with Crippen LogP contribution < -0.4 is 0 Å². The van der Waals surface area contributed by atoms with E-state index >= 15 is 0 Å². The van der Waals surface area contributed by atoms with Gasteiger partial charge in [-0.15, -0.1) is 0 Å². The predicted octanol–water partition coefficient (Wildman–Crippen LogP) is 5.10. The average Bonchev–Trinajstić information content (AvgIpc) is 2.25. The Labute approximate surface area is 113 Å². The Morgan fingerprint density at radius 3 is 2.06 bits per heavy atom. The third-order valence-electron chi connectivity index (χ3n) is 3.03. The molecule has 0 aromatic heterocycles. The maximum absolute atomic E-state index is 12.0. The van der Waals surface area contributed by atoms with Crippen molar-refractivity contribution in [2.75, 3.05) is 0 Å². The minimum Gasteiger partial charge on any atom is -0.460 e. The first kappa shape index (κ1) is 17.5. The highest BCUT2D eigenvalue weighted by atomic mass is 16.6. The largest absolute Gasteiger partial charge is 0.460 e. The second-order valence-electron chi connectivity index (χ2n) is 6.22. The summed E-state index contributed by atoms with van der Waals surface area (Å²) < 4.78 is 5.49. The van der Waals surface area contributed by atoms with Crippen molar-refractivity contribution in [1.29, 1.82) is 0 Å². The van der Waals surface area contributed by atoms with Gasteiger partial charge in [-0.2, -0.15) is 0 Å². The first-order valence-corrected chi connectivity index (χ1v) is 7.63. The fraction of sp³-hybridized carbons (Fsp3) is 0.938. The Bertz CT molecular complexity index is 216. The SMILES string of the molecule is CCCCCCCC(CCC)C(=O)OC(C)(C)C. The summed E-state index contributed by atoms with van der Waals surface area (Å²) in [5, 5.41) is 0. The van der Waals surface area contributed by atoms with Crippen LogP contribution in [0.5, 0.6) is 0 Å². The van der Waals surface area contributed by atoms with Crippen molar-refractivity contribution in [2.24, 2.45) is 5.92 Å². The first-order chi connectivity index (χ1) is 8.40. The smallest absolute Gasteiger partial charge is 0.309 e. The monoisotopic (exact) mass is 256 g/mol. The van der Waals surface area contributed by atoms with E-state index in [1.807, 2.05) is 20.8 Å². The van der Waals surface area contributed by atoms with Gasteiger partial charge in [0.1, 0.15) is 5.60 Å². The predicted molar refractivity (Wildman–Crippen MR) is 77.6 cm³/mol. The molecule has 0 fully saturated rings. The van der Waals surface area contributed by atoms with Crippen LogP contribution in [0.15, 0.2) is 0 Å². The van der Waals surface area contributed by atoms with Gasteiger partial charge in [0.05, 0.1) is 5.92 Å². The minimum absolute atomic E-state index is 0.000147. The lowest BCUT2D eigenvalue weighted by Gasteiger charge is -2.23. The maximum atomic E-state index is 12.0. The summed E-state index contributed by atoms with van der Waals surface area (Å²) in [4.78, 5) is 12.0. The molecule has 0 radical (unpaired) electrons. The number of carbonyl (C=O) groups is 1. The number of unbranched alkanes of at least 4 members (excludes halogenated alkanes) is 4. The fourth-order valence-corrected chi connectivity index (χ4v) is 2.11. The van der Waals surface area contributed by atoms with Gasteiger partial charge in [0.15, 0.2) is 0 Å². The Morgan fingerprint density at radius 2 is 1.56 bits per heavy atom. The summed E-state index contributed by atoms with van der Waals surface area (Å²) >= 11 is 0. The zero-order valence-electron chi connectivity index (χ0n) is 13.1. The van der Waals surface area contributed by atoms with Crippen molar-refractivity contribution >= 4 is 5.97 Å². The van der Waals surface area contributed by atoms with Gasteiger partial charge in [-0.1, -0.05) is 52.4 Å². The van der Waals surface area contributed by atoms with Crippen LogP contribution in [-0.2, 0) is 9.53 Å². The Hall–Kier alpha value is -0.530. The fourth-order valence-electron chi connectivity index (χ4n) is 2.11. The molecule has 0 rings (SSSR count). The number of esters is 1. The highest BCUT2D eigenvalue weighted by molar-refractivity contribution is 5.72. The van der Waals surface area contributed by atoms with Crippen molar-refractivity contribution in [3.8, 4) is 0 Å². The highest BCUT2D eigenvalue weighted by Crippen LogP contribution is 2.21. The minimum atomic E-state index is -0.356. The second kappa shape index (κ2) is 9.41. The van der Waals surface area contributed by atoms with Crippen LogP contribution in [0.3, 0.4) is 0 Å². The molecule has 0 saturated carbocycles. The molecule has 0 aliphatic rings.